The van der Waals surface area contributed by atoms with Crippen molar-refractivity contribution in [3.63, 3.8) is 0 Å². The Morgan fingerprint density at radius 2 is 2.11 bits per heavy atom. The van der Waals surface area contributed by atoms with Crippen molar-refractivity contribution in [1.82, 2.24) is 4.90 Å². The van der Waals surface area contributed by atoms with Gasteiger partial charge < -0.3 is 14.7 Å². The Hall–Kier alpha value is -1.55. The molecule has 0 aliphatic carbocycles. The molecule has 2 atom stereocenters. The zero-order valence-electron chi connectivity index (χ0n) is 11.3. The number of nitrogens with zero attached hydrogens (tertiary/aromatic N) is 1. The average molecular weight is 263 g/mol. The second-order valence-electron chi connectivity index (χ2n) is 5.33. The van der Waals surface area contributed by atoms with E-state index in [1.807, 2.05) is 30.3 Å². The normalized spacial score (nSPS) is 23.2. The van der Waals surface area contributed by atoms with Crippen LogP contribution in [0.15, 0.2) is 30.3 Å². The predicted octanol–water partition coefficient (Wildman–Crippen LogP) is 2.27. The highest BCUT2D eigenvalue weighted by molar-refractivity contribution is 5.67. The average Bonchev–Trinajstić information content (AvgIpc) is 2.45. The predicted molar refractivity (Wildman–Crippen MR) is 72.6 cm³/mol. The first-order valence-corrected chi connectivity index (χ1v) is 6.75. The van der Waals surface area contributed by atoms with Gasteiger partial charge >= 0.3 is 6.09 Å². The second kappa shape index (κ2) is 6.57. The van der Waals surface area contributed by atoms with Gasteiger partial charge in [-0.2, -0.15) is 0 Å². The van der Waals surface area contributed by atoms with E-state index in [0.29, 0.717) is 25.6 Å². The molecule has 0 unspecified atom stereocenters. The van der Waals surface area contributed by atoms with Gasteiger partial charge in [-0.05, 0) is 17.9 Å². The van der Waals surface area contributed by atoms with Crippen molar-refractivity contribution < 1.29 is 14.6 Å². The molecule has 0 saturated carbocycles. The summed E-state index contributed by atoms with van der Waals surface area (Å²) in [4.78, 5) is 13.7. The fourth-order valence-electron chi connectivity index (χ4n) is 2.57. The summed E-state index contributed by atoms with van der Waals surface area (Å²) in [7, 11) is 0. The molecule has 0 aromatic heterocycles. The lowest BCUT2D eigenvalue weighted by Gasteiger charge is -2.34. The number of amides is 1. The molecule has 0 radical (unpaired) electrons. The van der Waals surface area contributed by atoms with Gasteiger partial charge in [-0.25, -0.2) is 4.79 Å². The molecule has 0 bridgehead atoms. The molecule has 19 heavy (non-hydrogen) atoms. The van der Waals surface area contributed by atoms with Crippen LogP contribution in [0.3, 0.4) is 0 Å². The number of ether oxygens (including phenoxy) is 1. The summed E-state index contributed by atoms with van der Waals surface area (Å²) in [5.74, 6) is 0.586. The van der Waals surface area contributed by atoms with Gasteiger partial charge in [0.2, 0.25) is 0 Å². The summed E-state index contributed by atoms with van der Waals surface area (Å²) in [6.45, 7) is 3.83. The van der Waals surface area contributed by atoms with E-state index >= 15 is 0 Å². The Bertz CT molecular complexity index is 407. The highest BCUT2D eigenvalue weighted by Crippen LogP contribution is 2.21. The third-order valence-electron chi connectivity index (χ3n) is 3.47. The van der Waals surface area contributed by atoms with E-state index in [1.54, 1.807) is 4.90 Å². The molecule has 1 aliphatic heterocycles. The summed E-state index contributed by atoms with van der Waals surface area (Å²) in [6.07, 6.45) is 0.688. The van der Waals surface area contributed by atoms with Crippen LogP contribution in [-0.2, 0) is 11.3 Å². The topological polar surface area (TPSA) is 49.8 Å². The first kappa shape index (κ1) is 13.9. The molecule has 1 aromatic rings. The van der Waals surface area contributed by atoms with E-state index in [0.717, 1.165) is 12.0 Å². The van der Waals surface area contributed by atoms with E-state index in [1.165, 1.54) is 0 Å². The van der Waals surface area contributed by atoms with E-state index < -0.39 is 0 Å². The highest BCUT2D eigenvalue weighted by Gasteiger charge is 2.28. The minimum Gasteiger partial charge on any atom is -0.445 e. The number of aliphatic hydroxyl groups excluding tert-OH is 1. The molecular weight excluding hydrogens is 242 g/mol. The fourth-order valence-corrected chi connectivity index (χ4v) is 2.57. The van der Waals surface area contributed by atoms with Gasteiger partial charge in [0, 0.05) is 25.6 Å². The SMILES string of the molecule is C[C@@H]1C[C@H](CO)CN(C(=O)OCc2ccccc2)C1. The number of carbonyl (C=O) groups is 1. The van der Waals surface area contributed by atoms with Crippen molar-refractivity contribution in [2.45, 2.75) is 20.0 Å². The van der Waals surface area contributed by atoms with Crippen LogP contribution in [0.5, 0.6) is 0 Å². The van der Waals surface area contributed by atoms with Gasteiger partial charge in [-0.15, -0.1) is 0 Å². The quantitative estimate of drug-likeness (QED) is 0.910. The molecule has 1 heterocycles. The molecule has 1 saturated heterocycles. The lowest BCUT2D eigenvalue weighted by molar-refractivity contribution is 0.0544. The molecule has 4 heteroatoms. The van der Waals surface area contributed by atoms with Gasteiger partial charge in [0.25, 0.3) is 0 Å². The van der Waals surface area contributed by atoms with Crippen molar-refractivity contribution in [3.05, 3.63) is 35.9 Å². The number of aliphatic hydroxyl groups is 1. The van der Waals surface area contributed by atoms with Gasteiger partial charge in [0.05, 0.1) is 0 Å². The third-order valence-corrected chi connectivity index (χ3v) is 3.47. The molecule has 2 rings (SSSR count). The minimum absolute atomic E-state index is 0.132. The Labute approximate surface area is 114 Å². The third kappa shape index (κ3) is 3.96. The van der Waals surface area contributed by atoms with Crippen LogP contribution >= 0.6 is 0 Å². The van der Waals surface area contributed by atoms with Gasteiger partial charge in [0.15, 0.2) is 0 Å². The zero-order chi connectivity index (χ0) is 13.7. The summed E-state index contributed by atoms with van der Waals surface area (Å²) in [5.41, 5.74) is 0.986. The van der Waals surface area contributed by atoms with Gasteiger partial charge in [-0.1, -0.05) is 37.3 Å². The monoisotopic (exact) mass is 263 g/mol. The summed E-state index contributed by atoms with van der Waals surface area (Å²) >= 11 is 0. The summed E-state index contributed by atoms with van der Waals surface area (Å²) in [6, 6.07) is 9.65. The maximum absolute atomic E-state index is 12.0. The molecule has 1 aliphatic rings. The van der Waals surface area contributed by atoms with E-state index in [4.69, 9.17) is 4.74 Å². The van der Waals surface area contributed by atoms with E-state index in [-0.39, 0.29) is 18.6 Å². The number of carbonyl (C=O) groups excluding carboxylic acids is 1. The molecule has 1 fully saturated rings. The Kier molecular flexibility index (Phi) is 4.80. The lowest BCUT2D eigenvalue weighted by atomic mass is 9.91. The Balaban J connectivity index is 1.85. The van der Waals surface area contributed by atoms with Crippen LogP contribution in [0, 0.1) is 11.8 Å². The maximum Gasteiger partial charge on any atom is 0.410 e. The Morgan fingerprint density at radius 3 is 2.79 bits per heavy atom. The van der Waals surface area contributed by atoms with Crippen LogP contribution in [0.2, 0.25) is 0 Å². The molecule has 0 spiro atoms. The molecule has 1 N–H and O–H groups in total. The Morgan fingerprint density at radius 1 is 1.37 bits per heavy atom. The first-order chi connectivity index (χ1) is 9.19. The van der Waals surface area contributed by atoms with Crippen molar-refractivity contribution >= 4 is 6.09 Å². The molecule has 1 aromatic carbocycles. The second-order valence-corrected chi connectivity index (χ2v) is 5.33. The van der Waals surface area contributed by atoms with E-state index in [9.17, 15) is 9.90 Å². The number of hydrogen-bond acceptors (Lipinski definition) is 3. The van der Waals surface area contributed by atoms with Crippen LogP contribution in [0.4, 0.5) is 4.79 Å². The van der Waals surface area contributed by atoms with Crippen molar-refractivity contribution in [1.29, 1.82) is 0 Å². The van der Waals surface area contributed by atoms with Crippen molar-refractivity contribution in [2.24, 2.45) is 11.8 Å². The number of rotatable bonds is 3. The van der Waals surface area contributed by atoms with Crippen LogP contribution in [0.1, 0.15) is 18.9 Å². The number of benzene rings is 1. The van der Waals surface area contributed by atoms with Gasteiger partial charge in [-0.3, -0.25) is 0 Å². The van der Waals surface area contributed by atoms with Crippen LogP contribution in [0.25, 0.3) is 0 Å². The first-order valence-electron chi connectivity index (χ1n) is 6.75. The molecule has 1 amide bonds. The van der Waals surface area contributed by atoms with Crippen LogP contribution < -0.4 is 0 Å². The zero-order valence-corrected chi connectivity index (χ0v) is 11.3. The van der Waals surface area contributed by atoms with Gasteiger partial charge in [0.1, 0.15) is 6.61 Å². The highest BCUT2D eigenvalue weighted by atomic mass is 16.6. The van der Waals surface area contributed by atoms with E-state index in [2.05, 4.69) is 6.92 Å². The van der Waals surface area contributed by atoms with Crippen molar-refractivity contribution in [3.8, 4) is 0 Å². The summed E-state index contributed by atoms with van der Waals surface area (Å²) < 4.78 is 5.31. The van der Waals surface area contributed by atoms with Crippen LogP contribution in [-0.4, -0.2) is 35.8 Å². The smallest absolute Gasteiger partial charge is 0.410 e. The fraction of sp³-hybridized carbons (Fsp3) is 0.533. The number of likely N-dealkylation sites (tertiary alicyclic amines) is 1. The largest absolute Gasteiger partial charge is 0.445 e. The standard InChI is InChI=1S/C15H21NO3/c1-12-7-14(10-17)9-16(8-12)15(18)19-11-13-5-3-2-4-6-13/h2-6,12,14,17H,7-11H2,1H3/t12-,14+/m1/s1. The molecule has 4 nitrogen and oxygen atoms in total. The maximum atomic E-state index is 12.0. The number of piperidine rings is 1. The number of hydrogen-bond donors (Lipinski definition) is 1. The minimum atomic E-state index is -0.283. The van der Waals surface area contributed by atoms with Crippen molar-refractivity contribution in [2.75, 3.05) is 19.7 Å². The lowest BCUT2D eigenvalue weighted by Crippen LogP contribution is -2.44. The molecular formula is C15H21NO3. The molecule has 104 valence electrons. The summed E-state index contributed by atoms with van der Waals surface area (Å²) in [5, 5.41) is 9.24.